The Morgan fingerprint density at radius 3 is 2.33 bits per heavy atom. The molecule has 1 aliphatic carbocycles. The van der Waals surface area contributed by atoms with Crippen LogP contribution in [0.4, 0.5) is 18.4 Å². The van der Waals surface area contributed by atoms with Gasteiger partial charge in [0.05, 0.1) is 22.8 Å². The van der Waals surface area contributed by atoms with E-state index in [2.05, 4.69) is 20.7 Å². The van der Waals surface area contributed by atoms with Crippen molar-refractivity contribution < 1.29 is 37.4 Å². The molecule has 2 atom stereocenters. The number of benzene rings is 2. The number of halogens is 3. The minimum absolute atomic E-state index is 0.0190. The van der Waals surface area contributed by atoms with Gasteiger partial charge in [0.25, 0.3) is 5.91 Å². The molecule has 2 heterocycles. The Morgan fingerprint density at radius 2 is 1.77 bits per heavy atom. The number of rotatable bonds is 10. The maximum Gasteiger partial charge on any atom is 0.437 e. The lowest BCUT2D eigenvalue weighted by atomic mass is 9.75. The first-order valence-corrected chi connectivity index (χ1v) is 17.0. The van der Waals surface area contributed by atoms with E-state index in [0.29, 0.717) is 26.9 Å². The summed E-state index contributed by atoms with van der Waals surface area (Å²) in [6.45, 7) is 7.58. The summed E-state index contributed by atoms with van der Waals surface area (Å²) < 4.78 is 38.2. The highest BCUT2D eigenvalue weighted by atomic mass is 35.5. The number of nitrogens with zero attached hydrogens (tertiary/aromatic N) is 4. The quantitative estimate of drug-likeness (QED) is 0.207. The van der Waals surface area contributed by atoms with Gasteiger partial charge in [0, 0.05) is 17.8 Å². The molecule has 4 N–H and O–H groups in total. The number of hydrogen-bond donors (Lipinski definition) is 3. The van der Waals surface area contributed by atoms with E-state index in [1.165, 1.54) is 29.4 Å². The SMILES string of the molecule is CC(C)(C)C[C@]1(c2ccc(-c3cnn(C(F)F)c3)cc2)NC(=NC(=O)OC(C)(C)C)N(C(COC(=O)NC2CC2)c2ccc(Cl)c(C(N)=O)c2)C1=O. The van der Waals surface area contributed by atoms with E-state index < -0.39 is 59.8 Å². The van der Waals surface area contributed by atoms with Crippen molar-refractivity contribution in [2.24, 2.45) is 16.1 Å². The van der Waals surface area contributed by atoms with E-state index in [9.17, 15) is 23.2 Å². The number of ether oxygens (including phenoxy) is 2. The van der Waals surface area contributed by atoms with Gasteiger partial charge in [-0.1, -0.05) is 62.7 Å². The molecule has 13 nitrogen and oxygen atoms in total. The second-order valence-electron chi connectivity index (χ2n) is 15.1. The van der Waals surface area contributed by atoms with Crippen molar-refractivity contribution in [3.63, 3.8) is 0 Å². The van der Waals surface area contributed by atoms with Crippen molar-refractivity contribution in [2.75, 3.05) is 6.61 Å². The average molecular weight is 742 g/mol. The second-order valence-corrected chi connectivity index (χ2v) is 15.5. The number of aromatic nitrogens is 2. The minimum atomic E-state index is -2.81. The van der Waals surface area contributed by atoms with Crippen LogP contribution >= 0.6 is 11.6 Å². The van der Waals surface area contributed by atoms with Crippen LogP contribution in [0, 0.1) is 5.41 Å². The lowest BCUT2D eigenvalue weighted by Gasteiger charge is -2.35. The van der Waals surface area contributed by atoms with E-state index in [-0.39, 0.29) is 29.0 Å². The third kappa shape index (κ3) is 8.87. The van der Waals surface area contributed by atoms with Crippen molar-refractivity contribution >= 4 is 41.6 Å². The van der Waals surface area contributed by atoms with Gasteiger partial charge in [0.15, 0.2) is 0 Å². The van der Waals surface area contributed by atoms with Crippen molar-refractivity contribution in [2.45, 2.75) is 90.6 Å². The number of amides is 4. The highest BCUT2D eigenvalue weighted by molar-refractivity contribution is 6.33. The molecule has 5 rings (SSSR count). The van der Waals surface area contributed by atoms with Crippen molar-refractivity contribution in [1.82, 2.24) is 25.3 Å². The molecule has 0 spiro atoms. The van der Waals surface area contributed by atoms with Crippen molar-refractivity contribution in [1.29, 1.82) is 0 Å². The molecule has 3 aromatic rings. The molecule has 0 bridgehead atoms. The predicted octanol–water partition coefficient (Wildman–Crippen LogP) is 6.68. The zero-order valence-corrected chi connectivity index (χ0v) is 30.5. The van der Waals surface area contributed by atoms with Gasteiger partial charge < -0.3 is 25.8 Å². The number of alkyl carbamates (subject to hydrolysis) is 1. The lowest BCUT2D eigenvalue weighted by Crippen LogP contribution is -2.47. The molecule has 1 unspecified atom stereocenters. The van der Waals surface area contributed by atoms with Crippen LogP contribution in [0.15, 0.2) is 59.9 Å². The van der Waals surface area contributed by atoms with E-state index in [0.717, 1.165) is 12.8 Å². The van der Waals surface area contributed by atoms with E-state index in [1.54, 1.807) is 51.1 Å². The monoisotopic (exact) mass is 741 g/mol. The second kappa shape index (κ2) is 14.5. The topological polar surface area (TPSA) is 170 Å². The van der Waals surface area contributed by atoms with Crippen molar-refractivity contribution in [3.05, 3.63) is 76.6 Å². The minimum Gasteiger partial charge on any atom is -0.447 e. The highest BCUT2D eigenvalue weighted by Crippen LogP contribution is 2.43. The molecule has 1 aliphatic heterocycles. The standard InChI is InChI=1S/C36H42ClF2N7O6/c1-34(2,3)19-36(23-10-7-20(8-11-23)22-16-41-45(17-22)30(38)39)29(48)46(31(44-36)43-33(50)52-35(4,5)6)27(18-51-32(49)42-24-12-13-24)21-9-14-26(37)25(15-21)28(40)47/h7-11,14-17,24,27,30H,12-13,18-19H2,1-6H3,(H2,40,47)(H,42,49)(H,43,44,50)/t27?,36-/m1/s1. The van der Waals surface area contributed by atoms with Gasteiger partial charge in [0.1, 0.15) is 17.7 Å². The smallest absolute Gasteiger partial charge is 0.437 e. The number of carbonyl (C=O) groups excluding carboxylic acids is 4. The number of guanidine groups is 1. The summed E-state index contributed by atoms with van der Waals surface area (Å²) >= 11 is 6.29. The van der Waals surface area contributed by atoms with Gasteiger partial charge in [-0.2, -0.15) is 13.9 Å². The molecule has 4 amide bonds. The van der Waals surface area contributed by atoms with E-state index in [1.807, 2.05) is 20.8 Å². The Kier molecular flexibility index (Phi) is 10.7. The third-order valence-corrected chi connectivity index (χ3v) is 8.59. The molecule has 1 saturated carbocycles. The Hall–Kier alpha value is -5.05. The molecule has 2 aromatic carbocycles. The van der Waals surface area contributed by atoms with Gasteiger partial charge in [-0.15, -0.1) is 4.99 Å². The summed E-state index contributed by atoms with van der Waals surface area (Å²) in [6.07, 6.45) is 2.61. The first kappa shape index (κ1) is 38.2. The van der Waals surface area contributed by atoms with Gasteiger partial charge in [-0.05, 0) is 74.3 Å². The summed E-state index contributed by atoms with van der Waals surface area (Å²) in [5.41, 5.74) is 4.37. The van der Waals surface area contributed by atoms with Crippen LogP contribution in [0.5, 0.6) is 0 Å². The van der Waals surface area contributed by atoms with E-state index in [4.69, 9.17) is 26.8 Å². The fourth-order valence-corrected chi connectivity index (χ4v) is 6.16. The Labute approximate surface area is 304 Å². The Balaban J connectivity index is 1.66. The summed E-state index contributed by atoms with van der Waals surface area (Å²) in [6, 6.07) is 9.93. The molecule has 16 heteroatoms. The van der Waals surface area contributed by atoms with Crippen LogP contribution in [0.3, 0.4) is 0 Å². The molecule has 1 saturated heterocycles. The number of nitrogens with two attached hydrogens (primary N) is 1. The Bertz CT molecular complexity index is 1880. The van der Waals surface area contributed by atoms with Crippen LogP contribution in [-0.4, -0.2) is 62.9 Å². The summed E-state index contributed by atoms with van der Waals surface area (Å²) in [5, 5.41) is 9.76. The largest absolute Gasteiger partial charge is 0.447 e. The zero-order valence-electron chi connectivity index (χ0n) is 29.7. The molecule has 52 heavy (non-hydrogen) atoms. The molecular formula is C36H42ClF2N7O6. The maximum atomic E-state index is 15.2. The highest BCUT2D eigenvalue weighted by Gasteiger charge is 2.55. The summed E-state index contributed by atoms with van der Waals surface area (Å²) in [4.78, 5) is 59.1. The zero-order chi connectivity index (χ0) is 38.2. The Morgan fingerprint density at radius 1 is 1.10 bits per heavy atom. The predicted molar refractivity (Wildman–Crippen MR) is 189 cm³/mol. The molecule has 278 valence electrons. The average Bonchev–Trinajstić information content (AvgIpc) is 3.62. The fraction of sp³-hybridized carbons (Fsp3) is 0.444. The summed E-state index contributed by atoms with van der Waals surface area (Å²) in [5.74, 6) is -1.58. The van der Waals surface area contributed by atoms with Gasteiger partial charge in [0.2, 0.25) is 11.9 Å². The lowest BCUT2D eigenvalue weighted by molar-refractivity contribution is -0.134. The first-order valence-electron chi connectivity index (χ1n) is 16.7. The van der Waals surface area contributed by atoms with Crippen LogP contribution in [-0.2, 0) is 19.8 Å². The summed E-state index contributed by atoms with van der Waals surface area (Å²) in [7, 11) is 0. The maximum absolute atomic E-state index is 15.2. The third-order valence-electron chi connectivity index (χ3n) is 8.26. The number of primary amides is 1. The van der Waals surface area contributed by atoms with Crippen LogP contribution < -0.4 is 16.4 Å². The molecule has 2 aliphatic rings. The molecular weight excluding hydrogens is 700 g/mol. The molecule has 1 aromatic heterocycles. The number of aliphatic imine (C=N–C) groups is 1. The van der Waals surface area contributed by atoms with Crippen LogP contribution in [0.2, 0.25) is 5.02 Å². The normalized spacial score (nSPS) is 19.1. The number of carbonyl (C=O) groups is 4. The van der Waals surface area contributed by atoms with Crippen LogP contribution in [0.1, 0.15) is 94.9 Å². The number of alkyl halides is 2. The molecule has 0 radical (unpaired) electrons. The van der Waals surface area contributed by atoms with Crippen LogP contribution in [0.25, 0.3) is 11.1 Å². The first-order chi connectivity index (χ1) is 24.3. The van der Waals surface area contributed by atoms with Gasteiger partial charge >= 0.3 is 18.7 Å². The fourth-order valence-electron chi connectivity index (χ4n) is 5.95. The van der Waals surface area contributed by atoms with Gasteiger partial charge in [-0.3, -0.25) is 14.5 Å². The van der Waals surface area contributed by atoms with E-state index >= 15 is 4.79 Å². The number of nitrogens with one attached hydrogen (secondary N) is 2. The van der Waals surface area contributed by atoms with Crippen molar-refractivity contribution in [3.8, 4) is 11.1 Å². The molecule has 2 fully saturated rings. The van der Waals surface area contributed by atoms with Gasteiger partial charge in [-0.25, -0.2) is 14.3 Å². The number of hydrogen-bond acceptors (Lipinski definition) is 7.